The van der Waals surface area contributed by atoms with Crippen LogP contribution in [0, 0.1) is 12.7 Å². The van der Waals surface area contributed by atoms with E-state index in [9.17, 15) is 9.18 Å². The van der Waals surface area contributed by atoms with E-state index in [0.29, 0.717) is 11.0 Å². The highest BCUT2D eigenvalue weighted by Gasteiger charge is 2.11. The maximum Gasteiger partial charge on any atom is 0.200 e. The van der Waals surface area contributed by atoms with Gasteiger partial charge in [0.05, 0.1) is 10.8 Å². The van der Waals surface area contributed by atoms with Crippen molar-refractivity contribution in [3.8, 4) is 0 Å². The second kappa shape index (κ2) is 3.92. The molecule has 3 aromatic rings. The van der Waals surface area contributed by atoms with Gasteiger partial charge in [0, 0.05) is 4.47 Å². The Morgan fingerprint density at radius 3 is 2.78 bits per heavy atom. The van der Waals surface area contributed by atoms with Gasteiger partial charge in [0.25, 0.3) is 0 Å². The van der Waals surface area contributed by atoms with Gasteiger partial charge in [-0.3, -0.25) is 4.79 Å². The topological polar surface area (TPSA) is 30.2 Å². The molecular weight excluding hydrogens is 299 g/mol. The van der Waals surface area contributed by atoms with Crippen molar-refractivity contribution in [3.63, 3.8) is 0 Å². The van der Waals surface area contributed by atoms with Crippen LogP contribution >= 0.6 is 15.9 Å². The van der Waals surface area contributed by atoms with Crippen LogP contribution in [-0.4, -0.2) is 0 Å². The first-order valence-corrected chi connectivity index (χ1v) is 6.18. The largest absolute Gasteiger partial charge is 0.453 e. The number of fused-ring (bicyclic) bond motifs is 2. The fourth-order valence-corrected chi connectivity index (χ4v) is 2.29. The maximum absolute atomic E-state index is 13.6. The van der Waals surface area contributed by atoms with Crippen LogP contribution in [0.3, 0.4) is 0 Å². The molecule has 0 saturated carbocycles. The van der Waals surface area contributed by atoms with Crippen LogP contribution in [0.15, 0.2) is 44.0 Å². The number of aryl methyl sites for hydroxylation is 1. The number of rotatable bonds is 0. The van der Waals surface area contributed by atoms with Gasteiger partial charge in [0.1, 0.15) is 5.58 Å². The molecule has 0 fully saturated rings. The summed E-state index contributed by atoms with van der Waals surface area (Å²) in [5.41, 5.74) is 1.12. The third-order valence-corrected chi connectivity index (χ3v) is 3.78. The zero-order chi connectivity index (χ0) is 12.9. The average Bonchev–Trinajstić information content (AvgIpc) is 2.34. The molecule has 0 aliphatic carbocycles. The van der Waals surface area contributed by atoms with Gasteiger partial charge in [-0.1, -0.05) is 22.0 Å². The first-order valence-electron chi connectivity index (χ1n) is 5.39. The van der Waals surface area contributed by atoms with E-state index in [2.05, 4.69) is 15.9 Å². The van der Waals surface area contributed by atoms with E-state index in [4.69, 9.17) is 4.42 Å². The minimum atomic E-state index is -0.525. The lowest BCUT2D eigenvalue weighted by Crippen LogP contribution is -2.03. The molecule has 0 aliphatic heterocycles. The monoisotopic (exact) mass is 306 g/mol. The molecule has 0 aliphatic rings. The summed E-state index contributed by atoms with van der Waals surface area (Å²) in [6, 6.07) is 7.79. The molecule has 3 rings (SSSR count). The Hall–Kier alpha value is -1.68. The molecule has 0 unspecified atom stereocenters. The van der Waals surface area contributed by atoms with Crippen LogP contribution in [0.25, 0.3) is 21.9 Å². The van der Waals surface area contributed by atoms with Crippen LogP contribution in [0.2, 0.25) is 0 Å². The summed E-state index contributed by atoms with van der Waals surface area (Å²) in [6.07, 6.45) is 0. The highest BCUT2D eigenvalue weighted by Crippen LogP contribution is 2.25. The number of hydrogen-bond acceptors (Lipinski definition) is 2. The van der Waals surface area contributed by atoms with Gasteiger partial charge in [0.15, 0.2) is 11.4 Å². The average molecular weight is 307 g/mol. The number of halogens is 2. The fraction of sp³-hybridized carbons (Fsp3) is 0.0714. The van der Waals surface area contributed by atoms with E-state index in [0.717, 1.165) is 10.0 Å². The van der Waals surface area contributed by atoms with Gasteiger partial charge in [-0.05, 0) is 36.8 Å². The Bertz CT molecular complexity index is 836. The Balaban J connectivity index is 2.61. The van der Waals surface area contributed by atoms with Crippen molar-refractivity contribution in [1.29, 1.82) is 0 Å². The first-order chi connectivity index (χ1) is 8.58. The van der Waals surface area contributed by atoms with E-state index in [-0.39, 0.29) is 16.4 Å². The number of hydrogen-bond donors (Lipinski definition) is 0. The van der Waals surface area contributed by atoms with Crippen LogP contribution < -0.4 is 5.43 Å². The van der Waals surface area contributed by atoms with Crippen molar-refractivity contribution in [3.05, 3.63) is 56.4 Å². The first kappa shape index (κ1) is 11.4. The third kappa shape index (κ3) is 1.56. The number of benzene rings is 2. The van der Waals surface area contributed by atoms with E-state index < -0.39 is 5.82 Å². The zero-order valence-corrected chi connectivity index (χ0v) is 11.0. The fourth-order valence-electron chi connectivity index (χ4n) is 1.97. The SMILES string of the molecule is Cc1cc2c(=O)c3cccc(F)c3oc2cc1Br. The van der Waals surface area contributed by atoms with E-state index in [1.54, 1.807) is 18.2 Å². The second-order valence-corrected chi connectivity index (χ2v) is 5.00. The quantitative estimate of drug-likeness (QED) is 0.584. The van der Waals surface area contributed by atoms with Gasteiger partial charge < -0.3 is 4.42 Å². The van der Waals surface area contributed by atoms with Crippen molar-refractivity contribution in [2.75, 3.05) is 0 Å². The Morgan fingerprint density at radius 2 is 2.00 bits per heavy atom. The summed E-state index contributed by atoms with van der Waals surface area (Å²) in [5.74, 6) is -0.525. The van der Waals surface area contributed by atoms with Gasteiger partial charge in [-0.2, -0.15) is 0 Å². The Kier molecular flexibility index (Phi) is 2.48. The normalized spacial score (nSPS) is 11.3. The molecule has 1 aromatic heterocycles. The molecule has 0 bridgehead atoms. The van der Waals surface area contributed by atoms with Crippen LogP contribution in [0.1, 0.15) is 5.56 Å². The lowest BCUT2D eigenvalue weighted by Gasteiger charge is -2.04. The summed E-state index contributed by atoms with van der Waals surface area (Å²) in [7, 11) is 0. The Labute approximate surface area is 110 Å². The van der Waals surface area contributed by atoms with Gasteiger partial charge in [-0.15, -0.1) is 0 Å². The molecule has 1 heterocycles. The number of para-hydroxylation sites is 1. The summed E-state index contributed by atoms with van der Waals surface area (Å²) < 4.78 is 19.9. The minimum absolute atomic E-state index is 0.00533. The minimum Gasteiger partial charge on any atom is -0.453 e. The van der Waals surface area contributed by atoms with Crippen LogP contribution in [0.5, 0.6) is 0 Å². The van der Waals surface area contributed by atoms with Crippen LogP contribution in [0.4, 0.5) is 4.39 Å². The molecule has 0 atom stereocenters. The van der Waals surface area contributed by atoms with Crippen molar-refractivity contribution >= 4 is 37.9 Å². The maximum atomic E-state index is 13.6. The highest BCUT2D eigenvalue weighted by atomic mass is 79.9. The van der Waals surface area contributed by atoms with E-state index in [1.807, 2.05) is 6.92 Å². The van der Waals surface area contributed by atoms with Crippen molar-refractivity contribution in [2.45, 2.75) is 6.92 Å². The van der Waals surface area contributed by atoms with Crippen LogP contribution in [-0.2, 0) is 0 Å². The smallest absolute Gasteiger partial charge is 0.200 e. The third-order valence-electron chi connectivity index (χ3n) is 2.93. The van der Waals surface area contributed by atoms with Crippen molar-refractivity contribution in [2.24, 2.45) is 0 Å². The molecule has 0 spiro atoms. The van der Waals surface area contributed by atoms with Crippen molar-refractivity contribution in [1.82, 2.24) is 0 Å². The second-order valence-electron chi connectivity index (χ2n) is 4.15. The summed E-state index contributed by atoms with van der Waals surface area (Å²) in [4.78, 5) is 12.3. The van der Waals surface area contributed by atoms with Gasteiger partial charge >= 0.3 is 0 Å². The van der Waals surface area contributed by atoms with E-state index >= 15 is 0 Å². The van der Waals surface area contributed by atoms with Crippen molar-refractivity contribution < 1.29 is 8.81 Å². The highest BCUT2D eigenvalue weighted by molar-refractivity contribution is 9.10. The summed E-state index contributed by atoms with van der Waals surface area (Å²) >= 11 is 3.37. The Morgan fingerprint density at radius 1 is 1.22 bits per heavy atom. The standard InChI is InChI=1S/C14H8BrFO2/c1-7-5-9-12(6-10(7)15)18-14-8(13(9)17)3-2-4-11(14)16/h2-6H,1H3. The van der Waals surface area contributed by atoms with E-state index in [1.165, 1.54) is 12.1 Å². The lowest BCUT2D eigenvalue weighted by atomic mass is 10.1. The summed E-state index contributed by atoms with van der Waals surface area (Å²) in [5, 5.41) is 0.734. The molecule has 90 valence electrons. The summed E-state index contributed by atoms with van der Waals surface area (Å²) in [6.45, 7) is 1.89. The molecule has 0 saturated heterocycles. The molecule has 2 aromatic carbocycles. The zero-order valence-electron chi connectivity index (χ0n) is 9.46. The molecule has 4 heteroatoms. The molecule has 0 amide bonds. The predicted octanol–water partition coefficient (Wildman–Crippen LogP) is 4.16. The van der Waals surface area contributed by atoms with Gasteiger partial charge in [-0.25, -0.2) is 4.39 Å². The molecule has 2 nitrogen and oxygen atoms in total. The lowest BCUT2D eigenvalue weighted by molar-refractivity contribution is 0.579. The molecule has 18 heavy (non-hydrogen) atoms. The molecule has 0 N–H and O–H groups in total. The molecule has 0 radical (unpaired) electrons. The molecular formula is C14H8BrFO2. The predicted molar refractivity (Wildman–Crippen MR) is 72.4 cm³/mol. The van der Waals surface area contributed by atoms with Gasteiger partial charge in [0.2, 0.25) is 5.43 Å².